The zero-order valence-electron chi connectivity index (χ0n) is 12.2. The van der Waals surface area contributed by atoms with Crippen molar-refractivity contribution in [2.24, 2.45) is 0 Å². The fourth-order valence-electron chi connectivity index (χ4n) is 2.86. The Morgan fingerprint density at radius 3 is 2.76 bits per heavy atom. The molecule has 1 N–H and O–H groups in total. The summed E-state index contributed by atoms with van der Waals surface area (Å²) in [4.78, 5) is 14.2. The maximum atomic E-state index is 12.3. The van der Waals surface area contributed by atoms with E-state index in [-0.39, 0.29) is 18.2 Å². The highest BCUT2D eigenvalue weighted by molar-refractivity contribution is 7.99. The molecule has 2 heterocycles. The smallest absolute Gasteiger partial charge is 0.317 e. The quantitative estimate of drug-likeness (QED) is 0.913. The minimum atomic E-state index is 0.0917. The number of ether oxygens (including phenoxy) is 1. The molecule has 2 aliphatic heterocycles. The van der Waals surface area contributed by atoms with Crippen molar-refractivity contribution >= 4 is 17.8 Å². The van der Waals surface area contributed by atoms with Crippen LogP contribution in [-0.4, -0.2) is 48.2 Å². The summed E-state index contributed by atoms with van der Waals surface area (Å²) in [5, 5.41) is 3.19. The summed E-state index contributed by atoms with van der Waals surface area (Å²) in [7, 11) is 0. The average molecular weight is 306 g/mol. The van der Waals surface area contributed by atoms with Gasteiger partial charge in [0.25, 0.3) is 0 Å². The van der Waals surface area contributed by atoms with E-state index in [9.17, 15) is 4.79 Å². The third-order valence-corrected chi connectivity index (χ3v) is 5.02. The van der Waals surface area contributed by atoms with Crippen LogP contribution < -0.4 is 5.32 Å². The van der Waals surface area contributed by atoms with Gasteiger partial charge in [-0.05, 0) is 18.4 Å². The SMILES string of the molecule is O=C(N[C@@H]1CCO[C@@H](c2ccccc2)C1)N1CCSCC1. The second-order valence-electron chi connectivity index (χ2n) is 5.54. The normalized spacial score (nSPS) is 26.4. The predicted octanol–water partition coefficient (Wildman–Crippen LogP) is 2.67. The van der Waals surface area contributed by atoms with Gasteiger partial charge in [-0.3, -0.25) is 0 Å². The van der Waals surface area contributed by atoms with Crippen LogP contribution in [0.5, 0.6) is 0 Å². The highest BCUT2D eigenvalue weighted by Gasteiger charge is 2.26. The summed E-state index contributed by atoms with van der Waals surface area (Å²) in [6, 6.07) is 10.6. The van der Waals surface area contributed by atoms with E-state index in [1.54, 1.807) is 0 Å². The lowest BCUT2D eigenvalue weighted by molar-refractivity contribution is 0.00154. The number of carbonyl (C=O) groups excluding carboxylic acids is 1. The van der Waals surface area contributed by atoms with E-state index in [0.29, 0.717) is 6.61 Å². The number of nitrogens with zero attached hydrogens (tertiary/aromatic N) is 1. The average Bonchev–Trinajstić information content (AvgIpc) is 2.57. The Hall–Kier alpha value is -1.20. The first-order valence-electron chi connectivity index (χ1n) is 7.62. The molecule has 2 atom stereocenters. The summed E-state index contributed by atoms with van der Waals surface area (Å²) >= 11 is 1.92. The fourth-order valence-corrected chi connectivity index (χ4v) is 3.76. The molecule has 1 aromatic rings. The van der Waals surface area contributed by atoms with Crippen molar-refractivity contribution in [2.45, 2.75) is 25.0 Å². The Morgan fingerprint density at radius 2 is 2.00 bits per heavy atom. The summed E-state index contributed by atoms with van der Waals surface area (Å²) in [6.07, 6.45) is 1.86. The van der Waals surface area contributed by atoms with Gasteiger partial charge in [0.2, 0.25) is 0 Å². The first kappa shape index (κ1) is 14.7. The standard InChI is InChI=1S/C16H22N2O2S/c19-16(18-7-10-21-11-8-18)17-14-6-9-20-15(12-14)13-4-2-1-3-5-13/h1-5,14-15H,6-12H2,(H,17,19)/t14-,15-/m1/s1. The minimum Gasteiger partial charge on any atom is -0.373 e. The minimum absolute atomic E-state index is 0.0917. The number of rotatable bonds is 2. The molecule has 2 fully saturated rings. The zero-order chi connectivity index (χ0) is 14.5. The van der Waals surface area contributed by atoms with E-state index >= 15 is 0 Å². The Kier molecular flexibility index (Phi) is 5.04. The topological polar surface area (TPSA) is 41.6 Å². The van der Waals surface area contributed by atoms with E-state index in [0.717, 1.165) is 37.4 Å². The molecule has 5 heteroatoms. The number of benzene rings is 1. The van der Waals surface area contributed by atoms with Crippen LogP contribution in [0.2, 0.25) is 0 Å². The molecule has 3 rings (SSSR count). The molecule has 0 spiro atoms. The van der Waals surface area contributed by atoms with Gasteiger partial charge in [-0.25, -0.2) is 4.79 Å². The van der Waals surface area contributed by atoms with Crippen LogP contribution in [0.15, 0.2) is 30.3 Å². The molecule has 0 unspecified atom stereocenters. The molecule has 0 saturated carbocycles. The van der Waals surface area contributed by atoms with E-state index in [1.165, 1.54) is 5.56 Å². The van der Waals surface area contributed by atoms with Crippen LogP contribution >= 0.6 is 11.8 Å². The molecular formula is C16H22N2O2S. The molecular weight excluding hydrogens is 284 g/mol. The first-order chi connectivity index (χ1) is 10.3. The number of thioether (sulfide) groups is 1. The van der Waals surface area contributed by atoms with E-state index < -0.39 is 0 Å². The van der Waals surface area contributed by atoms with Crippen molar-refractivity contribution in [2.75, 3.05) is 31.2 Å². The van der Waals surface area contributed by atoms with Crippen LogP contribution in [0, 0.1) is 0 Å². The van der Waals surface area contributed by atoms with Crippen molar-refractivity contribution < 1.29 is 9.53 Å². The highest BCUT2D eigenvalue weighted by Crippen LogP contribution is 2.28. The molecule has 0 bridgehead atoms. The van der Waals surface area contributed by atoms with Crippen LogP contribution in [0.25, 0.3) is 0 Å². The summed E-state index contributed by atoms with van der Waals surface area (Å²) in [5.74, 6) is 2.10. The van der Waals surface area contributed by atoms with E-state index in [2.05, 4.69) is 17.4 Å². The third-order valence-electron chi connectivity index (χ3n) is 4.08. The fraction of sp³-hybridized carbons (Fsp3) is 0.562. The summed E-state index contributed by atoms with van der Waals surface area (Å²) in [5.41, 5.74) is 1.20. The van der Waals surface area contributed by atoms with Crippen molar-refractivity contribution in [1.82, 2.24) is 10.2 Å². The molecule has 0 radical (unpaired) electrons. The molecule has 1 aromatic carbocycles. The van der Waals surface area contributed by atoms with Crippen LogP contribution in [0.3, 0.4) is 0 Å². The summed E-state index contributed by atoms with van der Waals surface area (Å²) in [6.45, 7) is 2.43. The molecule has 0 aromatic heterocycles. The Balaban J connectivity index is 1.55. The van der Waals surface area contributed by atoms with Crippen molar-refractivity contribution in [3.8, 4) is 0 Å². The van der Waals surface area contributed by atoms with Gasteiger partial charge in [-0.1, -0.05) is 30.3 Å². The molecule has 2 aliphatic rings. The molecule has 0 aliphatic carbocycles. The first-order valence-corrected chi connectivity index (χ1v) is 8.78. The van der Waals surface area contributed by atoms with Crippen molar-refractivity contribution in [3.05, 3.63) is 35.9 Å². The number of amides is 2. The van der Waals surface area contributed by atoms with Gasteiger partial charge in [0.1, 0.15) is 0 Å². The second-order valence-corrected chi connectivity index (χ2v) is 6.77. The van der Waals surface area contributed by atoms with Gasteiger partial charge in [0.05, 0.1) is 6.10 Å². The number of nitrogens with one attached hydrogen (secondary N) is 1. The predicted molar refractivity (Wildman–Crippen MR) is 85.6 cm³/mol. The Bertz CT molecular complexity index is 463. The maximum Gasteiger partial charge on any atom is 0.317 e. The molecule has 4 nitrogen and oxygen atoms in total. The van der Waals surface area contributed by atoms with Crippen LogP contribution in [0.4, 0.5) is 4.79 Å². The molecule has 2 saturated heterocycles. The van der Waals surface area contributed by atoms with Crippen LogP contribution in [0.1, 0.15) is 24.5 Å². The molecule has 21 heavy (non-hydrogen) atoms. The van der Waals surface area contributed by atoms with E-state index in [4.69, 9.17) is 4.74 Å². The van der Waals surface area contributed by atoms with Gasteiger partial charge in [0, 0.05) is 37.2 Å². The third kappa shape index (κ3) is 3.92. The number of hydrogen-bond acceptors (Lipinski definition) is 3. The number of urea groups is 1. The largest absolute Gasteiger partial charge is 0.373 e. The Labute approximate surface area is 130 Å². The molecule has 114 valence electrons. The van der Waals surface area contributed by atoms with E-state index in [1.807, 2.05) is 34.9 Å². The zero-order valence-corrected chi connectivity index (χ0v) is 13.0. The highest BCUT2D eigenvalue weighted by atomic mass is 32.2. The van der Waals surface area contributed by atoms with Crippen molar-refractivity contribution in [1.29, 1.82) is 0 Å². The number of hydrogen-bond donors (Lipinski definition) is 1. The second kappa shape index (κ2) is 7.18. The monoisotopic (exact) mass is 306 g/mol. The summed E-state index contributed by atoms with van der Waals surface area (Å²) < 4.78 is 5.85. The maximum absolute atomic E-state index is 12.3. The van der Waals surface area contributed by atoms with Gasteiger partial charge in [0.15, 0.2) is 0 Å². The lowest BCUT2D eigenvalue weighted by atomic mass is 9.97. The van der Waals surface area contributed by atoms with Gasteiger partial charge in [-0.2, -0.15) is 11.8 Å². The Morgan fingerprint density at radius 1 is 1.24 bits per heavy atom. The molecule has 2 amide bonds. The van der Waals surface area contributed by atoms with Gasteiger partial charge < -0.3 is 15.0 Å². The number of carbonyl (C=O) groups is 1. The van der Waals surface area contributed by atoms with Gasteiger partial charge >= 0.3 is 6.03 Å². The van der Waals surface area contributed by atoms with Gasteiger partial charge in [-0.15, -0.1) is 0 Å². The lowest BCUT2D eigenvalue weighted by Crippen LogP contribution is -2.49. The lowest BCUT2D eigenvalue weighted by Gasteiger charge is -2.33. The van der Waals surface area contributed by atoms with Crippen molar-refractivity contribution in [3.63, 3.8) is 0 Å². The van der Waals surface area contributed by atoms with Crippen LogP contribution in [-0.2, 0) is 4.74 Å².